The lowest BCUT2D eigenvalue weighted by Crippen LogP contribution is -2.16. The van der Waals surface area contributed by atoms with Crippen molar-refractivity contribution >= 4 is 56.5 Å². The summed E-state index contributed by atoms with van der Waals surface area (Å²) in [5, 5.41) is 15.4. The molecule has 0 atom stereocenters. The van der Waals surface area contributed by atoms with Gasteiger partial charge < -0.3 is 19.5 Å². The second-order valence-electron chi connectivity index (χ2n) is 8.51. The van der Waals surface area contributed by atoms with Gasteiger partial charge in [0, 0.05) is 22.4 Å². The van der Waals surface area contributed by atoms with E-state index in [0.717, 1.165) is 27.6 Å². The smallest absolute Gasteiger partial charge is 0.341 e. The second-order valence-corrected chi connectivity index (χ2v) is 10.3. The number of nitrogens with zero attached hydrogens (tertiary/aromatic N) is 3. The minimum atomic E-state index is -0.473. The first-order valence-electron chi connectivity index (χ1n) is 11.9. The summed E-state index contributed by atoms with van der Waals surface area (Å²) in [7, 11) is 0. The molecule has 0 unspecified atom stereocenters. The Morgan fingerprint density at radius 1 is 1.13 bits per heavy atom. The van der Waals surface area contributed by atoms with Gasteiger partial charge in [0.15, 0.2) is 22.3 Å². The predicted octanol–water partition coefficient (Wildman–Crippen LogP) is 5.56. The molecule has 1 aliphatic rings. The maximum Gasteiger partial charge on any atom is 0.341 e. The number of carbonyl (C=O) groups excluding carboxylic acids is 2. The number of rotatable bonds is 7. The van der Waals surface area contributed by atoms with Crippen molar-refractivity contribution in [3.63, 3.8) is 0 Å². The van der Waals surface area contributed by atoms with E-state index in [1.807, 2.05) is 65.2 Å². The van der Waals surface area contributed by atoms with Gasteiger partial charge in [-0.2, -0.15) is 0 Å². The zero-order valence-electron chi connectivity index (χ0n) is 20.5. The number of benzene rings is 2. The minimum Gasteiger partial charge on any atom is -0.462 e. The summed E-state index contributed by atoms with van der Waals surface area (Å²) in [6, 6.07) is 15.4. The molecule has 0 bridgehead atoms. The number of fused-ring (bicyclic) bond motifs is 4. The molecule has 0 radical (unpaired) electrons. The fourth-order valence-electron chi connectivity index (χ4n) is 4.37. The fraction of sp³-hybridized carbons (Fsp3) is 0.185. The van der Waals surface area contributed by atoms with E-state index in [9.17, 15) is 9.59 Å². The van der Waals surface area contributed by atoms with Crippen molar-refractivity contribution < 1.29 is 23.8 Å². The van der Waals surface area contributed by atoms with E-state index in [1.54, 1.807) is 6.92 Å². The van der Waals surface area contributed by atoms with Gasteiger partial charge >= 0.3 is 5.97 Å². The van der Waals surface area contributed by atoms with E-state index in [0.29, 0.717) is 32.9 Å². The lowest BCUT2D eigenvalue weighted by atomic mass is 10.0. The number of carbonyl (C=O) groups is 2. The van der Waals surface area contributed by atoms with Crippen LogP contribution in [-0.4, -0.2) is 45.6 Å². The normalized spacial score (nSPS) is 12.3. The Balaban J connectivity index is 1.27. The number of amides is 1. The van der Waals surface area contributed by atoms with Gasteiger partial charge in [0.25, 0.3) is 0 Å². The molecule has 0 fully saturated rings. The molecule has 5 aromatic rings. The Morgan fingerprint density at radius 3 is 2.71 bits per heavy atom. The summed E-state index contributed by atoms with van der Waals surface area (Å²) in [5.41, 5.74) is 4.46. The van der Waals surface area contributed by atoms with Crippen LogP contribution in [0, 0.1) is 6.92 Å². The highest BCUT2D eigenvalue weighted by Crippen LogP contribution is 2.38. The molecule has 3 aromatic heterocycles. The topological polar surface area (TPSA) is 104 Å². The molecule has 38 heavy (non-hydrogen) atoms. The largest absolute Gasteiger partial charge is 0.462 e. The van der Waals surface area contributed by atoms with Crippen LogP contribution in [0.1, 0.15) is 22.8 Å². The SMILES string of the molecule is CCOC(=O)c1c(-c2ccccc2)csc1NC(=O)CSc1nnc2c(C)cc3cc4c(cc3n12)OCO4. The monoisotopic (exact) mass is 546 g/mol. The van der Waals surface area contributed by atoms with Crippen molar-refractivity contribution in [1.29, 1.82) is 0 Å². The first-order valence-corrected chi connectivity index (χ1v) is 13.7. The predicted molar refractivity (Wildman–Crippen MR) is 146 cm³/mol. The maximum atomic E-state index is 13.0. The Bertz CT molecular complexity index is 1700. The van der Waals surface area contributed by atoms with Crippen molar-refractivity contribution in [2.45, 2.75) is 19.0 Å². The van der Waals surface area contributed by atoms with Gasteiger partial charge in [-0.15, -0.1) is 21.5 Å². The Labute approximate surface area is 225 Å². The van der Waals surface area contributed by atoms with Crippen LogP contribution in [0.3, 0.4) is 0 Å². The van der Waals surface area contributed by atoms with Gasteiger partial charge in [-0.1, -0.05) is 42.1 Å². The van der Waals surface area contributed by atoms with Gasteiger partial charge in [0.2, 0.25) is 12.7 Å². The fourth-order valence-corrected chi connectivity index (χ4v) is 6.09. The summed E-state index contributed by atoms with van der Waals surface area (Å²) in [4.78, 5) is 25.9. The molecule has 11 heteroatoms. The molecular formula is C27H22N4O5S2. The Hall–Kier alpha value is -4.09. The molecule has 1 amide bonds. The van der Waals surface area contributed by atoms with E-state index in [-0.39, 0.29) is 25.1 Å². The third-order valence-electron chi connectivity index (χ3n) is 6.06. The van der Waals surface area contributed by atoms with Crippen LogP contribution < -0.4 is 14.8 Å². The number of hydrogen-bond donors (Lipinski definition) is 1. The lowest BCUT2D eigenvalue weighted by molar-refractivity contribution is -0.113. The molecule has 1 N–H and O–H groups in total. The molecule has 0 saturated carbocycles. The van der Waals surface area contributed by atoms with Gasteiger partial charge in [-0.3, -0.25) is 9.20 Å². The van der Waals surface area contributed by atoms with Crippen LogP contribution in [0.4, 0.5) is 5.00 Å². The van der Waals surface area contributed by atoms with Crippen LogP contribution in [0.15, 0.2) is 59.1 Å². The average Bonchev–Trinajstić information content (AvgIpc) is 3.65. The summed E-state index contributed by atoms with van der Waals surface area (Å²) in [5.74, 6) is 0.680. The number of esters is 1. The summed E-state index contributed by atoms with van der Waals surface area (Å²) >= 11 is 2.56. The van der Waals surface area contributed by atoms with E-state index < -0.39 is 5.97 Å². The lowest BCUT2D eigenvalue weighted by Gasteiger charge is -2.09. The van der Waals surface area contributed by atoms with Crippen molar-refractivity contribution in [1.82, 2.24) is 14.6 Å². The van der Waals surface area contributed by atoms with E-state index >= 15 is 0 Å². The maximum absolute atomic E-state index is 13.0. The highest BCUT2D eigenvalue weighted by Gasteiger charge is 2.24. The Kier molecular flexibility index (Phi) is 6.38. The van der Waals surface area contributed by atoms with E-state index in [1.165, 1.54) is 23.1 Å². The average molecular weight is 547 g/mol. The third-order valence-corrected chi connectivity index (χ3v) is 7.89. The molecule has 4 heterocycles. The van der Waals surface area contributed by atoms with Crippen LogP contribution in [0.2, 0.25) is 0 Å². The first kappa shape index (κ1) is 24.3. The van der Waals surface area contributed by atoms with E-state index in [2.05, 4.69) is 15.5 Å². The Morgan fingerprint density at radius 2 is 1.92 bits per heavy atom. The number of ether oxygens (including phenoxy) is 3. The van der Waals surface area contributed by atoms with Crippen LogP contribution in [-0.2, 0) is 9.53 Å². The molecule has 0 saturated heterocycles. The molecule has 1 aliphatic heterocycles. The highest BCUT2D eigenvalue weighted by molar-refractivity contribution is 7.99. The van der Waals surface area contributed by atoms with Crippen molar-refractivity contribution in [3.05, 3.63) is 65.0 Å². The first-order chi connectivity index (χ1) is 18.5. The number of thiophene rings is 1. The van der Waals surface area contributed by atoms with Crippen molar-refractivity contribution in [2.24, 2.45) is 0 Å². The zero-order chi connectivity index (χ0) is 26.2. The van der Waals surface area contributed by atoms with E-state index in [4.69, 9.17) is 14.2 Å². The molecule has 2 aromatic carbocycles. The number of hydrogen-bond acceptors (Lipinski definition) is 9. The zero-order valence-corrected chi connectivity index (χ0v) is 22.1. The minimum absolute atomic E-state index is 0.0710. The molecule has 0 spiro atoms. The second kappa shape index (κ2) is 9.99. The number of thioether (sulfide) groups is 1. The highest BCUT2D eigenvalue weighted by atomic mass is 32.2. The summed E-state index contributed by atoms with van der Waals surface area (Å²) in [6.45, 7) is 4.14. The quantitative estimate of drug-likeness (QED) is 0.209. The van der Waals surface area contributed by atoms with Crippen molar-refractivity contribution in [3.8, 4) is 22.6 Å². The number of aryl methyl sites for hydroxylation is 1. The number of pyridine rings is 1. The van der Waals surface area contributed by atoms with Gasteiger partial charge in [0.1, 0.15) is 10.6 Å². The molecule has 9 nitrogen and oxygen atoms in total. The molecule has 0 aliphatic carbocycles. The molecular weight excluding hydrogens is 524 g/mol. The molecule has 6 rings (SSSR count). The number of aromatic nitrogens is 3. The summed E-state index contributed by atoms with van der Waals surface area (Å²) < 4.78 is 18.3. The van der Waals surface area contributed by atoms with Crippen LogP contribution >= 0.6 is 23.1 Å². The van der Waals surface area contributed by atoms with Crippen LogP contribution in [0.25, 0.3) is 27.7 Å². The van der Waals surface area contributed by atoms with Gasteiger partial charge in [0.05, 0.1) is 17.9 Å². The van der Waals surface area contributed by atoms with Gasteiger partial charge in [-0.05, 0) is 37.1 Å². The van der Waals surface area contributed by atoms with Crippen LogP contribution in [0.5, 0.6) is 11.5 Å². The van der Waals surface area contributed by atoms with Crippen molar-refractivity contribution in [2.75, 3.05) is 24.5 Å². The standard InChI is InChI=1S/C27H22N4O5S2/c1-3-34-26(33)23-18(16-7-5-4-6-8-16)12-37-25(23)28-22(32)13-38-27-30-29-24-15(2)9-17-10-20-21(36-14-35-20)11-19(17)31(24)27/h4-12H,3,13-14H2,1-2H3,(H,28,32). The number of nitrogens with one attached hydrogen (secondary N) is 1. The van der Waals surface area contributed by atoms with Gasteiger partial charge in [-0.25, -0.2) is 4.79 Å². The summed E-state index contributed by atoms with van der Waals surface area (Å²) in [6.07, 6.45) is 0. The number of anilines is 1. The third kappa shape index (κ3) is 4.33. The molecule has 192 valence electrons.